The van der Waals surface area contributed by atoms with Crippen molar-refractivity contribution in [2.24, 2.45) is 0 Å². The number of hydrogen-bond acceptors (Lipinski definition) is 6. The van der Waals surface area contributed by atoms with E-state index < -0.39 is 12.1 Å². The number of carboxylic acid groups (broad SMARTS) is 1. The van der Waals surface area contributed by atoms with Crippen molar-refractivity contribution in [1.29, 1.82) is 0 Å². The molecule has 0 fully saturated rings. The fourth-order valence-corrected chi connectivity index (χ4v) is 2.36. The van der Waals surface area contributed by atoms with Gasteiger partial charge in [-0.15, -0.1) is 0 Å². The molecule has 0 bridgehead atoms. The van der Waals surface area contributed by atoms with Gasteiger partial charge in [0.05, 0.1) is 46.1 Å². The molecule has 8 heteroatoms. The van der Waals surface area contributed by atoms with E-state index in [0.717, 1.165) is 32.1 Å². The van der Waals surface area contributed by atoms with Crippen molar-refractivity contribution in [2.45, 2.75) is 44.6 Å². The summed E-state index contributed by atoms with van der Waals surface area (Å²) in [5.74, 6) is -0.876. The molecule has 0 saturated carbocycles. The molecule has 1 aliphatic rings. The van der Waals surface area contributed by atoms with Crippen molar-refractivity contribution in [3.63, 3.8) is 0 Å². The first kappa shape index (κ1) is 22.4. The van der Waals surface area contributed by atoms with Gasteiger partial charge in [-0.25, -0.2) is 4.79 Å². The highest BCUT2D eigenvalue weighted by molar-refractivity contribution is 5.67. The lowest BCUT2D eigenvalue weighted by atomic mass is 10.0. The van der Waals surface area contributed by atoms with Crippen LogP contribution in [0.15, 0.2) is 12.2 Å². The highest BCUT2D eigenvalue weighted by Crippen LogP contribution is 2.15. The van der Waals surface area contributed by atoms with E-state index in [4.69, 9.17) is 24.1 Å². The number of amides is 1. The molecule has 150 valence electrons. The van der Waals surface area contributed by atoms with Crippen LogP contribution in [-0.4, -0.2) is 69.5 Å². The molecule has 0 saturated heterocycles. The molecular formula is C18H31NO7. The summed E-state index contributed by atoms with van der Waals surface area (Å²) in [6, 6.07) is 0. The minimum absolute atomic E-state index is 0.00363. The van der Waals surface area contributed by atoms with E-state index in [1.807, 2.05) is 0 Å². The molecule has 0 aromatic carbocycles. The molecule has 1 atom stereocenters. The Kier molecular flexibility index (Phi) is 13.4. The highest BCUT2D eigenvalue weighted by atomic mass is 16.6. The summed E-state index contributed by atoms with van der Waals surface area (Å²) in [6.45, 7) is 2.56. The van der Waals surface area contributed by atoms with Gasteiger partial charge in [-0.2, -0.15) is 0 Å². The first-order chi connectivity index (χ1) is 12.7. The van der Waals surface area contributed by atoms with Crippen molar-refractivity contribution in [1.82, 2.24) is 5.32 Å². The maximum Gasteiger partial charge on any atom is 0.407 e. The van der Waals surface area contributed by atoms with Crippen LogP contribution in [0.1, 0.15) is 38.5 Å². The molecular weight excluding hydrogens is 342 g/mol. The standard InChI is InChI=1S/C18H31NO7/c20-17(21)8-10-23-12-14-25-15-13-24-11-9-19-18(22)26-16-6-4-2-1-3-5-7-16/h1-2,16H,3-15H2,(H,19,22)(H,20,21). The zero-order valence-electron chi connectivity index (χ0n) is 15.3. The Labute approximate surface area is 154 Å². The van der Waals surface area contributed by atoms with Crippen LogP contribution in [-0.2, 0) is 23.7 Å². The molecule has 8 nitrogen and oxygen atoms in total. The topological polar surface area (TPSA) is 103 Å². The van der Waals surface area contributed by atoms with E-state index in [-0.39, 0.29) is 19.1 Å². The van der Waals surface area contributed by atoms with Crippen molar-refractivity contribution >= 4 is 12.1 Å². The monoisotopic (exact) mass is 373 g/mol. The predicted molar refractivity (Wildman–Crippen MR) is 95.2 cm³/mol. The summed E-state index contributed by atoms with van der Waals surface area (Å²) in [5.41, 5.74) is 0. The molecule has 0 spiro atoms. The Morgan fingerprint density at radius 3 is 2.31 bits per heavy atom. The minimum atomic E-state index is -0.876. The van der Waals surface area contributed by atoms with Gasteiger partial charge in [0.15, 0.2) is 0 Å². The van der Waals surface area contributed by atoms with Crippen LogP contribution in [0.5, 0.6) is 0 Å². The molecule has 2 N–H and O–H groups in total. The van der Waals surface area contributed by atoms with Gasteiger partial charge in [0.25, 0.3) is 0 Å². The number of alkyl carbamates (subject to hydrolysis) is 1. The summed E-state index contributed by atoms with van der Waals surface area (Å²) in [4.78, 5) is 22.0. The lowest BCUT2D eigenvalue weighted by Gasteiger charge is -2.18. The van der Waals surface area contributed by atoms with Crippen LogP contribution in [0, 0.1) is 0 Å². The Balaban J connectivity index is 1.85. The van der Waals surface area contributed by atoms with Crippen LogP contribution in [0.2, 0.25) is 0 Å². The Hall–Kier alpha value is -1.64. The number of allylic oxidation sites excluding steroid dienone is 2. The van der Waals surface area contributed by atoms with Gasteiger partial charge in [-0.3, -0.25) is 4.79 Å². The summed E-state index contributed by atoms with van der Waals surface area (Å²) >= 11 is 0. The molecule has 1 amide bonds. The lowest BCUT2D eigenvalue weighted by Crippen LogP contribution is -2.31. The maximum absolute atomic E-state index is 11.7. The number of nitrogens with one attached hydrogen (secondary N) is 1. The normalized spacial score (nSPS) is 17.3. The van der Waals surface area contributed by atoms with E-state index in [9.17, 15) is 9.59 Å². The van der Waals surface area contributed by atoms with Crippen molar-refractivity contribution in [3.8, 4) is 0 Å². The fraction of sp³-hybridized carbons (Fsp3) is 0.778. The van der Waals surface area contributed by atoms with Crippen molar-refractivity contribution in [3.05, 3.63) is 12.2 Å². The molecule has 0 heterocycles. The van der Waals surface area contributed by atoms with E-state index in [1.54, 1.807) is 0 Å². The third-order valence-electron chi connectivity index (χ3n) is 3.71. The van der Waals surface area contributed by atoms with Crippen molar-refractivity contribution in [2.75, 3.05) is 46.2 Å². The average Bonchev–Trinajstić information content (AvgIpc) is 2.58. The average molecular weight is 373 g/mol. The number of rotatable bonds is 13. The molecule has 0 aromatic heterocycles. The number of carbonyl (C=O) groups is 2. The quantitative estimate of drug-likeness (QED) is 0.376. The van der Waals surface area contributed by atoms with E-state index >= 15 is 0 Å². The van der Waals surface area contributed by atoms with Crippen LogP contribution < -0.4 is 5.32 Å². The molecule has 1 rings (SSSR count). The number of carboxylic acids is 1. The third kappa shape index (κ3) is 13.6. The molecule has 0 aromatic rings. The predicted octanol–water partition coefficient (Wildman–Crippen LogP) is 2.13. The second-order valence-corrected chi connectivity index (χ2v) is 5.91. The summed E-state index contributed by atoms with van der Waals surface area (Å²) in [6.07, 6.45) is 8.75. The lowest BCUT2D eigenvalue weighted by molar-refractivity contribution is -0.138. The Bertz CT molecular complexity index is 414. The zero-order valence-corrected chi connectivity index (χ0v) is 15.3. The van der Waals surface area contributed by atoms with E-state index in [2.05, 4.69) is 17.5 Å². The van der Waals surface area contributed by atoms with Gasteiger partial charge < -0.3 is 29.4 Å². The molecule has 1 unspecified atom stereocenters. The van der Waals surface area contributed by atoms with E-state index in [0.29, 0.717) is 39.6 Å². The van der Waals surface area contributed by atoms with E-state index in [1.165, 1.54) is 0 Å². The number of aliphatic carboxylic acids is 1. The number of carbonyl (C=O) groups excluding carboxylic acids is 1. The van der Waals surface area contributed by atoms with Gasteiger partial charge in [0, 0.05) is 6.54 Å². The molecule has 1 aliphatic carbocycles. The first-order valence-corrected chi connectivity index (χ1v) is 9.23. The van der Waals surface area contributed by atoms with Crippen LogP contribution in [0.4, 0.5) is 4.79 Å². The van der Waals surface area contributed by atoms with Gasteiger partial charge in [-0.1, -0.05) is 12.2 Å². The second-order valence-electron chi connectivity index (χ2n) is 5.91. The molecule has 26 heavy (non-hydrogen) atoms. The minimum Gasteiger partial charge on any atom is -0.481 e. The molecule has 0 radical (unpaired) electrons. The zero-order chi connectivity index (χ0) is 18.9. The first-order valence-electron chi connectivity index (χ1n) is 9.23. The highest BCUT2D eigenvalue weighted by Gasteiger charge is 2.14. The molecule has 0 aliphatic heterocycles. The Morgan fingerprint density at radius 2 is 1.58 bits per heavy atom. The van der Waals surface area contributed by atoms with Crippen molar-refractivity contribution < 1.29 is 33.6 Å². The fourth-order valence-electron chi connectivity index (χ4n) is 2.36. The van der Waals surface area contributed by atoms with Crippen LogP contribution in [0.3, 0.4) is 0 Å². The SMILES string of the molecule is O=C(O)CCOCCOCCOCCNC(=O)OC1CCC=CCCC1. The van der Waals surface area contributed by atoms with Crippen LogP contribution in [0.25, 0.3) is 0 Å². The third-order valence-corrected chi connectivity index (χ3v) is 3.71. The van der Waals surface area contributed by atoms with Gasteiger partial charge >= 0.3 is 12.1 Å². The van der Waals surface area contributed by atoms with Gasteiger partial charge in [-0.05, 0) is 32.1 Å². The maximum atomic E-state index is 11.7. The van der Waals surface area contributed by atoms with Crippen LogP contribution >= 0.6 is 0 Å². The smallest absolute Gasteiger partial charge is 0.407 e. The van der Waals surface area contributed by atoms with Gasteiger partial charge in [0.1, 0.15) is 6.10 Å². The summed E-state index contributed by atoms with van der Waals surface area (Å²) < 4.78 is 21.1. The summed E-state index contributed by atoms with van der Waals surface area (Å²) in [5, 5.41) is 11.1. The second kappa shape index (κ2) is 15.6. The Morgan fingerprint density at radius 1 is 0.923 bits per heavy atom. The van der Waals surface area contributed by atoms with Gasteiger partial charge in [0.2, 0.25) is 0 Å². The number of ether oxygens (including phenoxy) is 4. The number of hydrogen-bond donors (Lipinski definition) is 2. The summed E-state index contributed by atoms with van der Waals surface area (Å²) in [7, 11) is 0. The largest absolute Gasteiger partial charge is 0.481 e.